The fourth-order valence-electron chi connectivity index (χ4n) is 3.24. The maximum atomic E-state index is 12.1. The number of ether oxygens (including phenoxy) is 1. The Morgan fingerprint density at radius 1 is 1.41 bits per heavy atom. The van der Waals surface area contributed by atoms with Crippen LogP contribution < -0.4 is 10.6 Å². The molecule has 2 atom stereocenters. The summed E-state index contributed by atoms with van der Waals surface area (Å²) in [6.45, 7) is 3.25. The lowest BCUT2D eigenvalue weighted by molar-refractivity contribution is -0.121. The van der Waals surface area contributed by atoms with Crippen molar-refractivity contribution in [3.05, 3.63) is 46.0 Å². The van der Waals surface area contributed by atoms with Crippen LogP contribution in [0.4, 0.5) is 0 Å². The average molecular weight is 385 g/mol. The third-order valence-electron chi connectivity index (χ3n) is 4.73. The molecule has 2 amide bonds. The SMILES string of the molecule is Cc1ccc([C@H]2CC(=O)NC(SCC(=O)NC[C@H]3CCCO3)=C2C#N)cc1. The smallest absolute Gasteiger partial charge is 0.230 e. The van der Waals surface area contributed by atoms with E-state index in [1.807, 2.05) is 31.2 Å². The van der Waals surface area contributed by atoms with Gasteiger partial charge in [-0.25, -0.2) is 0 Å². The highest BCUT2D eigenvalue weighted by molar-refractivity contribution is 8.03. The molecule has 7 heteroatoms. The number of carbonyl (C=O) groups excluding carboxylic acids is 2. The fourth-order valence-corrected chi connectivity index (χ4v) is 4.15. The molecule has 0 bridgehead atoms. The van der Waals surface area contributed by atoms with Crippen molar-refractivity contribution < 1.29 is 14.3 Å². The quantitative estimate of drug-likeness (QED) is 0.784. The highest BCUT2D eigenvalue weighted by Gasteiger charge is 2.29. The van der Waals surface area contributed by atoms with Gasteiger partial charge in [-0.2, -0.15) is 5.26 Å². The maximum absolute atomic E-state index is 12.1. The van der Waals surface area contributed by atoms with E-state index in [2.05, 4.69) is 16.7 Å². The zero-order valence-corrected chi connectivity index (χ0v) is 16.1. The molecule has 0 radical (unpaired) electrons. The van der Waals surface area contributed by atoms with E-state index in [9.17, 15) is 14.9 Å². The molecule has 2 aliphatic rings. The van der Waals surface area contributed by atoms with Gasteiger partial charge in [-0.3, -0.25) is 9.59 Å². The van der Waals surface area contributed by atoms with Crippen molar-refractivity contribution in [1.82, 2.24) is 10.6 Å². The molecule has 3 rings (SSSR count). The third kappa shape index (κ3) is 5.12. The first-order valence-corrected chi connectivity index (χ1v) is 10.1. The molecule has 142 valence electrons. The Labute approximate surface area is 163 Å². The van der Waals surface area contributed by atoms with Gasteiger partial charge in [0.1, 0.15) is 0 Å². The van der Waals surface area contributed by atoms with Gasteiger partial charge >= 0.3 is 0 Å². The highest BCUT2D eigenvalue weighted by atomic mass is 32.2. The molecule has 0 saturated carbocycles. The van der Waals surface area contributed by atoms with E-state index in [1.54, 1.807) is 0 Å². The van der Waals surface area contributed by atoms with E-state index < -0.39 is 0 Å². The Morgan fingerprint density at radius 3 is 2.85 bits per heavy atom. The molecule has 1 aromatic carbocycles. The van der Waals surface area contributed by atoms with Crippen LogP contribution in [0, 0.1) is 18.3 Å². The molecule has 27 heavy (non-hydrogen) atoms. The number of allylic oxidation sites excluding steroid dienone is 1. The fraction of sp³-hybridized carbons (Fsp3) is 0.450. The third-order valence-corrected chi connectivity index (χ3v) is 5.75. The second-order valence-corrected chi connectivity index (χ2v) is 7.78. The number of thioether (sulfide) groups is 1. The Morgan fingerprint density at radius 2 is 2.19 bits per heavy atom. The number of hydrogen-bond acceptors (Lipinski definition) is 5. The minimum absolute atomic E-state index is 0.0909. The molecule has 0 spiro atoms. The minimum Gasteiger partial charge on any atom is -0.376 e. The van der Waals surface area contributed by atoms with E-state index in [0.29, 0.717) is 17.1 Å². The molecular weight excluding hydrogens is 362 g/mol. The summed E-state index contributed by atoms with van der Waals surface area (Å²) in [5.74, 6) is -0.399. The van der Waals surface area contributed by atoms with Crippen molar-refractivity contribution in [2.45, 2.75) is 38.2 Å². The monoisotopic (exact) mass is 385 g/mol. The van der Waals surface area contributed by atoms with Gasteiger partial charge in [0.05, 0.1) is 28.5 Å². The highest BCUT2D eigenvalue weighted by Crippen LogP contribution is 2.35. The molecule has 0 unspecified atom stereocenters. The summed E-state index contributed by atoms with van der Waals surface area (Å²) in [4.78, 5) is 24.2. The van der Waals surface area contributed by atoms with Crippen LogP contribution in [0.15, 0.2) is 34.9 Å². The number of benzene rings is 1. The second-order valence-electron chi connectivity index (χ2n) is 6.80. The number of nitrogens with zero attached hydrogens (tertiary/aromatic N) is 1. The van der Waals surface area contributed by atoms with Gasteiger partial charge in [0.25, 0.3) is 0 Å². The van der Waals surface area contributed by atoms with Gasteiger partial charge in [0.2, 0.25) is 11.8 Å². The van der Waals surface area contributed by atoms with E-state index in [1.165, 1.54) is 11.8 Å². The molecule has 1 saturated heterocycles. The predicted octanol–water partition coefficient (Wildman–Crippen LogP) is 2.36. The summed E-state index contributed by atoms with van der Waals surface area (Å²) < 4.78 is 5.49. The van der Waals surface area contributed by atoms with Gasteiger partial charge in [-0.05, 0) is 25.3 Å². The van der Waals surface area contributed by atoms with E-state index >= 15 is 0 Å². The molecule has 1 aromatic rings. The van der Waals surface area contributed by atoms with Crippen LogP contribution in [0.5, 0.6) is 0 Å². The molecule has 0 aliphatic carbocycles. The number of carbonyl (C=O) groups is 2. The van der Waals surface area contributed by atoms with Gasteiger partial charge in [-0.1, -0.05) is 41.6 Å². The summed E-state index contributed by atoms with van der Waals surface area (Å²) >= 11 is 1.20. The van der Waals surface area contributed by atoms with Crippen molar-refractivity contribution in [3.63, 3.8) is 0 Å². The average Bonchev–Trinajstić information content (AvgIpc) is 3.18. The van der Waals surface area contributed by atoms with Gasteiger partial charge < -0.3 is 15.4 Å². The van der Waals surface area contributed by atoms with E-state index in [-0.39, 0.29) is 36.0 Å². The van der Waals surface area contributed by atoms with E-state index in [4.69, 9.17) is 4.74 Å². The molecule has 2 heterocycles. The van der Waals surface area contributed by atoms with Crippen LogP contribution in [0.1, 0.15) is 36.3 Å². The number of rotatable bonds is 6. The van der Waals surface area contributed by atoms with Gasteiger partial charge in [0.15, 0.2) is 0 Å². The lowest BCUT2D eigenvalue weighted by Crippen LogP contribution is -2.34. The Hall–Kier alpha value is -2.30. The Bertz CT molecular complexity index is 777. The Kier molecular flexibility index (Phi) is 6.54. The molecular formula is C20H23N3O3S. The van der Waals surface area contributed by atoms with Crippen LogP contribution in [-0.4, -0.2) is 36.8 Å². The summed E-state index contributed by atoms with van der Waals surface area (Å²) in [5, 5.41) is 15.7. The lowest BCUT2D eigenvalue weighted by atomic mass is 9.87. The topological polar surface area (TPSA) is 91.2 Å². The van der Waals surface area contributed by atoms with Crippen molar-refractivity contribution in [1.29, 1.82) is 5.26 Å². The maximum Gasteiger partial charge on any atom is 0.230 e. The Balaban J connectivity index is 1.65. The lowest BCUT2D eigenvalue weighted by Gasteiger charge is -2.25. The minimum atomic E-state index is -0.276. The summed E-state index contributed by atoms with van der Waals surface area (Å²) in [7, 11) is 0. The van der Waals surface area contributed by atoms with Crippen LogP contribution in [-0.2, 0) is 14.3 Å². The zero-order valence-electron chi connectivity index (χ0n) is 15.3. The predicted molar refractivity (Wildman–Crippen MR) is 104 cm³/mol. The number of aryl methyl sites for hydroxylation is 1. The van der Waals surface area contributed by atoms with Crippen LogP contribution in [0.2, 0.25) is 0 Å². The number of nitrogens with one attached hydrogen (secondary N) is 2. The number of amides is 2. The molecule has 6 nitrogen and oxygen atoms in total. The van der Waals surface area contributed by atoms with Crippen LogP contribution in [0.25, 0.3) is 0 Å². The van der Waals surface area contributed by atoms with Crippen molar-refractivity contribution in [3.8, 4) is 6.07 Å². The standard InChI is InChI=1S/C20H23N3O3S/c1-13-4-6-14(7-5-13)16-9-18(24)23-20(17(16)10-21)27-12-19(25)22-11-15-3-2-8-26-15/h4-7,15-16H,2-3,8-9,11-12H2,1H3,(H,22,25)(H,23,24)/t15-,16-/m1/s1. The van der Waals surface area contributed by atoms with E-state index in [0.717, 1.165) is 30.6 Å². The number of nitriles is 1. The first-order chi connectivity index (χ1) is 13.1. The first-order valence-electron chi connectivity index (χ1n) is 9.08. The van der Waals surface area contributed by atoms with Crippen molar-refractivity contribution in [2.75, 3.05) is 18.9 Å². The number of hydrogen-bond donors (Lipinski definition) is 2. The van der Waals surface area contributed by atoms with Gasteiger partial charge in [0, 0.05) is 25.5 Å². The molecule has 2 aliphatic heterocycles. The second kappa shape index (κ2) is 9.07. The van der Waals surface area contributed by atoms with Crippen LogP contribution in [0.3, 0.4) is 0 Å². The van der Waals surface area contributed by atoms with Gasteiger partial charge in [-0.15, -0.1) is 0 Å². The molecule has 0 aromatic heterocycles. The largest absolute Gasteiger partial charge is 0.376 e. The molecule has 2 N–H and O–H groups in total. The van der Waals surface area contributed by atoms with Crippen LogP contribution >= 0.6 is 11.8 Å². The van der Waals surface area contributed by atoms with Crippen molar-refractivity contribution in [2.24, 2.45) is 0 Å². The first kappa shape index (κ1) is 19.5. The summed E-state index contributed by atoms with van der Waals surface area (Å²) in [6, 6.07) is 10.1. The summed E-state index contributed by atoms with van der Waals surface area (Å²) in [6.07, 6.45) is 2.32. The van der Waals surface area contributed by atoms with Crippen molar-refractivity contribution >= 4 is 23.6 Å². The molecule has 1 fully saturated rings. The zero-order chi connectivity index (χ0) is 19.2. The normalized spacial score (nSPS) is 22.3. The summed E-state index contributed by atoms with van der Waals surface area (Å²) in [5.41, 5.74) is 2.57.